The van der Waals surface area contributed by atoms with Crippen LogP contribution in [-0.2, 0) is 14.8 Å². The molecule has 6 nitrogen and oxygen atoms in total. The molecule has 0 aliphatic carbocycles. The second kappa shape index (κ2) is 11.2. The van der Waals surface area contributed by atoms with E-state index < -0.39 is 32.5 Å². The third kappa shape index (κ3) is 7.07. The number of benzene rings is 2. The summed E-state index contributed by atoms with van der Waals surface area (Å²) in [7, 11) is -2.88. The number of halogens is 2. The Bertz CT molecular complexity index is 942. The van der Waals surface area contributed by atoms with Gasteiger partial charge in [-0.3, -0.25) is 4.79 Å². The van der Waals surface area contributed by atoms with Gasteiger partial charge in [-0.2, -0.15) is 13.5 Å². The first-order valence-electron chi connectivity index (χ1n) is 8.63. The fraction of sp³-hybridized carbons (Fsp3) is 0.316. The Morgan fingerprint density at radius 1 is 1.03 bits per heavy atom. The van der Waals surface area contributed by atoms with Crippen molar-refractivity contribution in [2.75, 3.05) is 25.6 Å². The molecule has 2 aromatic rings. The quantitative estimate of drug-likeness (QED) is 0.755. The summed E-state index contributed by atoms with van der Waals surface area (Å²) in [6, 6.07) is 7.00. The molecule has 1 fully saturated rings. The van der Waals surface area contributed by atoms with E-state index in [9.17, 15) is 22.0 Å². The molecule has 0 bridgehead atoms. The third-order valence-corrected chi connectivity index (χ3v) is 5.42. The molecule has 0 spiro atoms. The number of carbonyl (C=O) groups excluding carboxylic acids is 1. The first-order chi connectivity index (χ1) is 13.2. The first kappa shape index (κ1) is 25.0. The van der Waals surface area contributed by atoms with Crippen LogP contribution in [0.2, 0.25) is 0 Å². The Morgan fingerprint density at radius 3 is 2.17 bits per heavy atom. The molecule has 1 heterocycles. The van der Waals surface area contributed by atoms with E-state index in [-0.39, 0.29) is 19.1 Å². The zero-order valence-corrected chi connectivity index (χ0v) is 17.9. The van der Waals surface area contributed by atoms with Gasteiger partial charge in [-0.1, -0.05) is 0 Å². The van der Waals surface area contributed by atoms with E-state index in [1.54, 1.807) is 6.92 Å². The van der Waals surface area contributed by atoms with Gasteiger partial charge < -0.3 is 10.1 Å². The lowest BCUT2D eigenvalue weighted by atomic mass is 10.2. The third-order valence-electron chi connectivity index (χ3n) is 3.99. The van der Waals surface area contributed by atoms with Gasteiger partial charge in [0.05, 0.1) is 0 Å². The lowest BCUT2D eigenvalue weighted by Gasteiger charge is -2.09. The summed E-state index contributed by atoms with van der Waals surface area (Å²) < 4.78 is 57.2. The lowest BCUT2D eigenvalue weighted by Crippen LogP contribution is -2.21. The lowest BCUT2D eigenvalue weighted by molar-refractivity contribution is 0.102. The highest BCUT2D eigenvalue weighted by Crippen LogP contribution is 2.18. The van der Waals surface area contributed by atoms with E-state index >= 15 is 0 Å². The number of nitrogens with one attached hydrogen (secondary N) is 2. The Kier molecular flexibility index (Phi) is 9.71. The van der Waals surface area contributed by atoms with Gasteiger partial charge in [0.1, 0.15) is 16.5 Å². The number of amides is 1. The summed E-state index contributed by atoms with van der Waals surface area (Å²) in [4.78, 5) is 11.5. The van der Waals surface area contributed by atoms with Gasteiger partial charge in [0.15, 0.2) is 0 Å². The molecular formula is C19H24F2N2O4S2. The molecule has 29 heavy (non-hydrogen) atoms. The predicted octanol–water partition coefficient (Wildman–Crippen LogP) is 3.34. The molecule has 3 rings (SSSR count). The minimum atomic E-state index is -4.02. The second-order valence-electron chi connectivity index (χ2n) is 6.09. The highest BCUT2D eigenvalue weighted by atomic mass is 32.2. The number of rotatable bonds is 4. The van der Waals surface area contributed by atoms with Gasteiger partial charge in [-0.15, -0.1) is 0 Å². The molecular weight excluding hydrogens is 422 g/mol. The van der Waals surface area contributed by atoms with Crippen molar-refractivity contribution < 1.29 is 26.7 Å². The largest absolute Gasteiger partial charge is 0.381 e. The molecule has 2 aromatic carbocycles. The summed E-state index contributed by atoms with van der Waals surface area (Å²) in [6.45, 7) is 3.54. The average Bonchev–Trinajstić information content (AvgIpc) is 3.25. The van der Waals surface area contributed by atoms with Crippen molar-refractivity contribution in [2.24, 2.45) is 0 Å². The number of ether oxygens (including phenoxy) is 1. The van der Waals surface area contributed by atoms with Crippen LogP contribution < -0.4 is 10.0 Å². The Morgan fingerprint density at radius 2 is 1.66 bits per heavy atom. The molecule has 0 unspecified atom stereocenters. The molecule has 1 amide bonds. The van der Waals surface area contributed by atoms with Crippen LogP contribution in [0.4, 0.5) is 14.5 Å². The van der Waals surface area contributed by atoms with E-state index in [1.807, 2.05) is 4.72 Å². The van der Waals surface area contributed by atoms with Crippen LogP contribution in [0, 0.1) is 18.6 Å². The molecule has 0 aromatic heterocycles. The highest BCUT2D eigenvalue weighted by molar-refractivity contribution is 7.89. The number of anilines is 1. The summed E-state index contributed by atoms with van der Waals surface area (Å²) in [6.07, 6.45) is 2.56. The number of sulfonamides is 1. The van der Waals surface area contributed by atoms with Crippen molar-refractivity contribution in [3.63, 3.8) is 0 Å². The monoisotopic (exact) mass is 446 g/mol. The van der Waals surface area contributed by atoms with E-state index in [0.29, 0.717) is 11.3 Å². The maximum Gasteiger partial charge on any atom is 0.255 e. The van der Waals surface area contributed by atoms with Crippen LogP contribution in [0.5, 0.6) is 0 Å². The normalized spacial score (nSPS) is 13.1. The molecule has 1 aliphatic rings. The van der Waals surface area contributed by atoms with Crippen LogP contribution in [-0.4, -0.2) is 34.6 Å². The van der Waals surface area contributed by atoms with Gasteiger partial charge in [0.25, 0.3) is 5.91 Å². The summed E-state index contributed by atoms with van der Waals surface area (Å²) in [5.41, 5.74) is 0.652. The minimum absolute atomic E-state index is 0. The number of hydrogen-bond donors (Lipinski definition) is 2. The standard InChI is InChI=1S/C15H14F2N2O3S.C4H8O.H2S/c1-9-7-11(4-6-12(9)16)19-15(20)10-3-5-13(17)14(8-10)23(21,22)18-2;1-2-4-5-3-1;/h3-8,18H,1-2H3,(H,19,20);1-4H2;1H2. The maximum absolute atomic E-state index is 13.6. The molecule has 0 atom stereocenters. The van der Waals surface area contributed by atoms with Gasteiger partial charge in [0.2, 0.25) is 10.0 Å². The van der Waals surface area contributed by atoms with Crippen LogP contribution in [0.15, 0.2) is 41.3 Å². The molecule has 0 radical (unpaired) electrons. The number of carbonyl (C=O) groups is 1. The van der Waals surface area contributed by atoms with Crippen LogP contribution in [0.1, 0.15) is 28.8 Å². The fourth-order valence-electron chi connectivity index (χ4n) is 2.40. The molecule has 10 heteroatoms. The second-order valence-corrected chi connectivity index (χ2v) is 7.95. The maximum atomic E-state index is 13.6. The summed E-state index contributed by atoms with van der Waals surface area (Å²) in [5.74, 6) is -2.01. The minimum Gasteiger partial charge on any atom is -0.381 e. The predicted molar refractivity (Wildman–Crippen MR) is 112 cm³/mol. The van der Waals surface area contributed by atoms with Crippen LogP contribution in [0.3, 0.4) is 0 Å². The Labute approximate surface area is 176 Å². The molecule has 160 valence electrons. The van der Waals surface area contributed by atoms with Gasteiger partial charge in [-0.25, -0.2) is 21.9 Å². The number of aryl methyl sites for hydroxylation is 1. The Hall–Kier alpha value is -2.01. The fourth-order valence-corrected chi connectivity index (χ4v) is 3.22. The van der Waals surface area contributed by atoms with Crippen molar-refractivity contribution in [3.05, 3.63) is 59.2 Å². The van der Waals surface area contributed by atoms with Gasteiger partial charge >= 0.3 is 0 Å². The van der Waals surface area contributed by atoms with Gasteiger partial charge in [-0.05, 0) is 68.8 Å². The first-order valence-corrected chi connectivity index (χ1v) is 10.1. The van der Waals surface area contributed by atoms with Crippen LogP contribution >= 0.6 is 13.5 Å². The molecule has 2 N–H and O–H groups in total. The van der Waals surface area contributed by atoms with Gasteiger partial charge in [0, 0.05) is 24.5 Å². The van der Waals surface area contributed by atoms with Crippen molar-refractivity contribution in [2.45, 2.75) is 24.7 Å². The smallest absolute Gasteiger partial charge is 0.255 e. The highest BCUT2D eigenvalue weighted by Gasteiger charge is 2.19. The van der Waals surface area contributed by atoms with E-state index in [2.05, 4.69) is 5.32 Å². The van der Waals surface area contributed by atoms with Crippen molar-refractivity contribution in [1.82, 2.24) is 4.72 Å². The average molecular weight is 447 g/mol. The van der Waals surface area contributed by atoms with E-state index in [1.165, 1.54) is 31.0 Å². The molecule has 0 saturated carbocycles. The van der Waals surface area contributed by atoms with Crippen LogP contribution in [0.25, 0.3) is 0 Å². The molecule has 1 aliphatic heterocycles. The van der Waals surface area contributed by atoms with Crippen molar-refractivity contribution >= 4 is 35.1 Å². The zero-order valence-electron chi connectivity index (χ0n) is 16.1. The van der Waals surface area contributed by atoms with E-state index in [0.717, 1.165) is 38.5 Å². The summed E-state index contributed by atoms with van der Waals surface area (Å²) >= 11 is 0. The SMILES string of the molecule is C1CCOC1.CNS(=O)(=O)c1cc(C(=O)Nc2ccc(F)c(C)c2)ccc1F.S. The number of hydrogen-bond acceptors (Lipinski definition) is 4. The van der Waals surface area contributed by atoms with Crippen molar-refractivity contribution in [3.8, 4) is 0 Å². The summed E-state index contributed by atoms with van der Waals surface area (Å²) in [5, 5.41) is 2.50. The van der Waals surface area contributed by atoms with E-state index in [4.69, 9.17) is 4.74 Å². The topological polar surface area (TPSA) is 84.5 Å². The molecule has 1 saturated heterocycles. The van der Waals surface area contributed by atoms with Crippen molar-refractivity contribution in [1.29, 1.82) is 0 Å². The zero-order chi connectivity index (χ0) is 20.7. The Balaban J connectivity index is 0.000000610.